The fourth-order valence-electron chi connectivity index (χ4n) is 7.76. The Morgan fingerprint density at radius 3 is 0.845 bits per heavy atom. The number of nitro groups is 1. The third-order valence-electron chi connectivity index (χ3n) is 10.9. The van der Waals surface area contributed by atoms with Gasteiger partial charge in [0.25, 0.3) is 5.69 Å². The van der Waals surface area contributed by atoms with Gasteiger partial charge in [0, 0.05) is 39.4 Å². The highest BCUT2D eigenvalue weighted by Crippen LogP contribution is 2.46. The van der Waals surface area contributed by atoms with E-state index < -0.39 is 216 Å². The van der Waals surface area contributed by atoms with E-state index in [1.54, 1.807) is 0 Å². The average molecular weight is 1020 g/mol. The largest absolute Gasteiger partial charge is 0.354 e. The summed E-state index contributed by atoms with van der Waals surface area (Å²) in [6.07, 6.45) is 1.80. The van der Waals surface area contributed by atoms with Gasteiger partial charge in [-0.3, -0.25) is 10.1 Å². The SMILES string of the molecule is O=[N+]([O-])c1cc2[nH]c1c(-c1c(F)c(F)c(F)c(F)c1F)c1nc(c(-c3c(F)c(F)c(F)c(F)c3F)c3ccc([nH]3)c(-c3c(F)c(F)c(F)c(F)c3F)c3nc(c2-c2c(F)c(F)c(F)c(F)c2F)C=C3)C=C1. The van der Waals surface area contributed by atoms with Crippen molar-refractivity contribution >= 4 is 52.1 Å². The van der Waals surface area contributed by atoms with Gasteiger partial charge in [0.15, 0.2) is 93.1 Å². The molecule has 3 aromatic heterocycles. The van der Waals surface area contributed by atoms with E-state index in [-0.39, 0.29) is 6.07 Å². The van der Waals surface area contributed by atoms with Crippen molar-refractivity contribution < 1.29 is 92.7 Å². The average Bonchev–Trinajstić information content (AvgIpc) is 4.20. The van der Waals surface area contributed by atoms with Crippen molar-refractivity contribution in [3.63, 3.8) is 0 Å². The van der Waals surface area contributed by atoms with E-state index in [0.717, 1.165) is 0 Å². The molecule has 8 bridgehead atoms. The van der Waals surface area contributed by atoms with Crippen LogP contribution in [0, 0.1) is 126 Å². The second-order valence-corrected chi connectivity index (χ2v) is 14.7. The molecule has 0 unspecified atom stereocenters. The van der Waals surface area contributed by atoms with Crippen LogP contribution in [0.4, 0.5) is 93.5 Å². The maximum Gasteiger partial charge on any atom is 0.295 e. The zero-order chi connectivity index (χ0) is 51.7. The summed E-state index contributed by atoms with van der Waals surface area (Å²) in [7, 11) is 0. The Balaban J connectivity index is 1.65. The van der Waals surface area contributed by atoms with Gasteiger partial charge in [0.05, 0.1) is 55.5 Å². The summed E-state index contributed by atoms with van der Waals surface area (Å²) in [5.74, 6) is -54.9. The number of benzene rings is 4. The minimum absolute atomic E-state index is 0.0863. The second kappa shape index (κ2) is 16.6. The fraction of sp³-hybridized carbons (Fsp3) is 0. The molecular weight excluding hydrogens is 1010 g/mol. The first-order valence-electron chi connectivity index (χ1n) is 18.8. The fourth-order valence-corrected chi connectivity index (χ4v) is 7.76. The molecule has 0 atom stereocenters. The van der Waals surface area contributed by atoms with Crippen LogP contribution >= 0.6 is 0 Å². The van der Waals surface area contributed by atoms with Crippen LogP contribution in [0.15, 0.2) is 18.2 Å². The third-order valence-corrected chi connectivity index (χ3v) is 10.9. The van der Waals surface area contributed by atoms with Crippen LogP contribution in [0.5, 0.6) is 0 Å². The molecule has 9 rings (SSSR count). The van der Waals surface area contributed by atoms with Crippen LogP contribution in [-0.2, 0) is 0 Å². The molecular formula is C44H9F20N5O2. The maximum absolute atomic E-state index is 15.9. The minimum atomic E-state index is -2.85. The van der Waals surface area contributed by atoms with Gasteiger partial charge in [0.2, 0.25) is 23.3 Å². The Bertz CT molecular complexity index is 3770. The van der Waals surface area contributed by atoms with Crippen molar-refractivity contribution in [2.75, 3.05) is 0 Å². The van der Waals surface area contributed by atoms with Gasteiger partial charge in [-0.15, -0.1) is 0 Å². The smallest absolute Gasteiger partial charge is 0.295 e. The van der Waals surface area contributed by atoms with Gasteiger partial charge in [-0.25, -0.2) is 97.8 Å². The Labute approximate surface area is 376 Å². The molecule has 0 radical (unpaired) electrons. The summed E-state index contributed by atoms with van der Waals surface area (Å²) in [4.78, 5) is 23.0. The molecule has 0 fully saturated rings. The maximum atomic E-state index is 15.9. The first kappa shape index (κ1) is 47.5. The zero-order valence-electron chi connectivity index (χ0n) is 33.3. The number of hydrogen-bond donors (Lipinski definition) is 2. The number of hydrogen-bond acceptors (Lipinski definition) is 4. The molecule has 5 heterocycles. The van der Waals surface area contributed by atoms with Crippen LogP contribution in [0.25, 0.3) is 90.9 Å². The third kappa shape index (κ3) is 6.83. The number of fused-ring (bicyclic) bond motifs is 8. The van der Waals surface area contributed by atoms with Crippen molar-refractivity contribution in [3.05, 3.63) is 167 Å². The first-order chi connectivity index (χ1) is 33.4. The molecule has 7 aromatic rings. The van der Waals surface area contributed by atoms with Gasteiger partial charge in [0.1, 0.15) is 5.52 Å². The lowest BCUT2D eigenvalue weighted by molar-refractivity contribution is -0.382. The summed E-state index contributed by atoms with van der Waals surface area (Å²) in [5, 5.41) is 12.8. The summed E-state index contributed by atoms with van der Waals surface area (Å²) >= 11 is 0. The van der Waals surface area contributed by atoms with E-state index in [1.807, 2.05) is 4.98 Å². The molecule has 2 aliphatic rings. The van der Waals surface area contributed by atoms with Crippen molar-refractivity contribution in [1.82, 2.24) is 19.9 Å². The molecule has 0 saturated heterocycles. The molecule has 0 aliphatic carbocycles. The summed E-state index contributed by atoms with van der Waals surface area (Å²) in [5.41, 5.74) is -25.8. The Morgan fingerprint density at radius 2 is 0.563 bits per heavy atom. The van der Waals surface area contributed by atoms with Crippen molar-refractivity contribution in [3.8, 4) is 44.5 Å². The minimum Gasteiger partial charge on any atom is -0.354 e. The van der Waals surface area contributed by atoms with E-state index in [4.69, 9.17) is 0 Å². The van der Waals surface area contributed by atoms with Gasteiger partial charge in [-0.05, 0) is 36.4 Å². The molecule has 0 spiro atoms. The van der Waals surface area contributed by atoms with Crippen LogP contribution in [-0.4, -0.2) is 24.9 Å². The van der Waals surface area contributed by atoms with Crippen LogP contribution < -0.4 is 0 Å². The van der Waals surface area contributed by atoms with Crippen molar-refractivity contribution in [2.45, 2.75) is 0 Å². The summed E-state index contributed by atoms with van der Waals surface area (Å²) in [6, 6.07) is 1.20. The van der Waals surface area contributed by atoms with E-state index in [0.29, 0.717) is 36.4 Å². The molecule has 27 heteroatoms. The lowest BCUT2D eigenvalue weighted by atomic mass is 10.0. The Morgan fingerprint density at radius 1 is 0.324 bits per heavy atom. The van der Waals surface area contributed by atoms with Crippen LogP contribution in [0.2, 0.25) is 0 Å². The number of aromatic amines is 2. The predicted molar refractivity (Wildman–Crippen MR) is 206 cm³/mol. The zero-order valence-corrected chi connectivity index (χ0v) is 33.3. The molecule has 2 N–H and O–H groups in total. The van der Waals surface area contributed by atoms with Crippen molar-refractivity contribution in [2.24, 2.45) is 0 Å². The highest BCUT2D eigenvalue weighted by Gasteiger charge is 2.36. The molecule has 71 heavy (non-hydrogen) atoms. The lowest BCUT2D eigenvalue weighted by Gasteiger charge is -2.11. The number of nitrogens with one attached hydrogen (secondary N) is 2. The monoisotopic (exact) mass is 1020 g/mol. The normalized spacial score (nSPS) is 12.2. The topological polar surface area (TPSA) is 100 Å². The second-order valence-electron chi connectivity index (χ2n) is 14.7. The molecule has 0 amide bonds. The standard InChI is InChI=1S/C44H9F20N5O2/c45-24-20(25(46)33(54)40(61)32(24)53)16-8-1-2-9(65-8)17(21-26(47)34(55)41(62)35(56)27(21)48)11-5-6-13(67-11)19(23-30(51)38(59)43(64)39(60)31(23)52)44-15(69(70)71)7-14(68-44)18(12-4-3-10(16)66-12)22-28(49)36(57)42(63)37(58)29(22)50/h1-7,65,68H. The van der Waals surface area contributed by atoms with Gasteiger partial charge in [-0.1, -0.05) is 0 Å². The highest BCUT2D eigenvalue weighted by molar-refractivity contribution is 6.02. The summed E-state index contributed by atoms with van der Waals surface area (Å²) < 4.78 is 305. The van der Waals surface area contributed by atoms with Crippen LogP contribution in [0.3, 0.4) is 0 Å². The number of rotatable bonds is 5. The van der Waals surface area contributed by atoms with Gasteiger partial charge < -0.3 is 9.97 Å². The van der Waals surface area contributed by atoms with E-state index in [1.165, 1.54) is 0 Å². The number of halogens is 20. The highest BCUT2D eigenvalue weighted by atomic mass is 19.2. The van der Waals surface area contributed by atoms with Gasteiger partial charge in [-0.2, -0.15) is 0 Å². The lowest BCUT2D eigenvalue weighted by Crippen LogP contribution is -2.06. The van der Waals surface area contributed by atoms with Gasteiger partial charge >= 0.3 is 0 Å². The number of nitrogens with zero attached hydrogens (tertiary/aromatic N) is 3. The Kier molecular flexibility index (Phi) is 11.1. The molecule has 4 aromatic carbocycles. The quantitative estimate of drug-likeness (QED) is 0.0590. The summed E-state index contributed by atoms with van der Waals surface area (Å²) in [6.45, 7) is 0. The molecule has 7 nitrogen and oxygen atoms in total. The van der Waals surface area contributed by atoms with E-state index in [9.17, 15) is 45.2 Å². The van der Waals surface area contributed by atoms with E-state index in [2.05, 4.69) is 15.0 Å². The molecule has 362 valence electrons. The molecule has 2 aliphatic heterocycles. The van der Waals surface area contributed by atoms with Crippen molar-refractivity contribution in [1.29, 1.82) is 0 Å². The van der Waals surface area contributed by atoms with E-state index >= 15 is 52.7 Å². The Hall–Kier alpha value is -8.52. The van der Waals surface area contributed by atoms with Crippen LogP contribution in [0.1, 0.15) is 22.8 Å². The predicted octanol–water partition coefficient (Wildman–Crippen LogP) is 14.0. The molecule has 0 saturated carbocycles. The first-order valence-corrected chi connectivity index (χ1v) is 18.8. The number of H-pyrrole nitrogens is 2. The number of aromatic nitrogens is 4.